The summed E-state index contributed by atoms with van der Waals surface area (Å²) in [5.74, 6) is -0.995. The number of nitrogens with one attached hydrogen (secondary N) is 1. The third-order valence-corrected chi connectivity index (χ3v) is 3.52. The molecule has 2 unspecified atom stereocenters. The summed E-state index contributed by atoms with van der Waals surface area (Å²) < 4.78 is 0. The average Bonchev–Trinajstić information content (AvgIpc) is 2.34. The van der Waals surface area contributed by atoms with Gasteiger partial charge in [-0.1, -0.05) is 41.0 Å². The number of hydrogen-bond donors (Lipinski definition) is 2. The first-order valence-corrected chi connectivity index (χ1v) is 7.45. The second-order valence-electron chi connectivity index (χ2n) is 6.39. The van der Waals surface area contributed by atoms with Gasteiger partial charge in [0.25, 0.3) is 0 Å². The van der Waals surface area contributed by atoms with Gasteiger partial charge in [-0.2, -0.15) is 0 Å². The van der Waals surface area contributed by atoms with E-state index in [2.05, 4.69) is 12.2 Å². The number of carboxylic acids is 1. The largest absolute Gasteiger partial charge is 0.480 e. The molecular weight excluding hydrogens is 256 g/mol. The maximum atomic E-state index is 12.4. The van der Waals surface area contributed by atoms with Crippen molar-refractivity contribution in [2.75, 3.05) is 6.54 Å². The highest BCUT2D eigenvalue weighted by atomic mass is 16.4. The normalized spacial score (nSPS) is 14.5. The number of aliphatic carboxylic acids is 1. The van der Waals surface area contributed by atoms with Crippen molar-refractivity contribution in [1.82, 2.24) is 10.2 Å². The summed E-state index contributed by atoms with van der Waals surface area (Å²) in [7, 11) is 0. The molecule has 2 amide bonds. The molecule has 2 atom stereocenters. The summed E-state index contributed by atoms with van der Waals surface area (Å²) in [6.45, 7) is 12.2. The van der Waals surface area contributed by atoms with Crippen LogP contribution >= 0.6 is 0 Å². The van der Waals surface area contributed by atoms with Gasteiger partial charge in [-0.25, -0.2) is 9.59 Å². The number of nitrogens with zero attached hydrogens (tertiary/aromatic N) is 1. The number of hydrogen-bond acceptors (Lipinski definition) is 2. The number of carbonyl (C=O) groups excluding carboxylic acids is 1. The first-order valence-electron chi connectivity index (χ1n) is 7.45. The van der Waals surface area contributed by atoms with Crippen molar-refractivity contribution in [1.29, 1.82) is 0 Å². The van der Waals surface area contributed by atoms with Gasteiger partial charge < -0.3 is 15.3 Å². The van der Waals surface area contributed by atoms with Crippen molar-refractivity contribution in [3.63, 3.8) is 0 Å². The molecule has 0 saturated carbocycles. The molecule has 0 aromatic heterocycles. The van der Waals surface area contributed by atoms with Gasteiger partial charge in [-0.05, 0) is 25.2 Å². The number of carbonyl (C=O) groups is 2. The van der Waals surface area contributed by atoms with Gasteiger partial charge in [0.2, 0.25) is 0 Å². The molecule has 0 heterocycles. The molecule has 0 aromatic carbocycles. The van der Waals surface area contributed by atoms with Crippen LogP contribution in [0, 0.1) is 5.41 Å². The number of carboxylic acid groups (broad SMARTS) is 1. The van der Waals surface area contributed by atoms with E-state index in [9.17, 15) is 14.7 Å². The van der Waals surface area contributed by atoms with Crippen LogP contribution < -0.4 is 5.32 Å². The monoisotopic (exact) mass is 286 g/mol. The van der Waals surface area contributed by atoms with Crippen LogP contribution in [-0.2, 0) is 4.79 Å². The van der Waals surface area contributed by atoms with Gasteiger partial charge in [-0.3, -0.25) is 0 Å². The van der Waals surface area contributed by atoms with Crippen molar-refractivity contribution >= 4 is 12.0 Å². The second-order valence-corrected chi connectivity index (χ2v) is 6.39. The Labute approximate surface area is 122 Å². The van der Waals surface area contributed by atoms with Crippen molar-refractivity contribution < 1.29 is 14.7 Å². The predicted molar refractivity (Wildman–Crippen MR) is 80.8 cm³/mol. The molecule has 0 fully saturated rings. The van der Waals surface area contributed by atoms with Crippen molar-refractivity contribution in [2.45, 2.75) is 72.9 Å². The maximum Gasteiger partial charge on any atom is 0.326 e. The minimum absolute atomic E-state index is 0.107. The molecule has 20 heavy (non-hydrogen) atoms. The Morgan fingerprint density at radius 3 is 2.15 bits per heavy atom. The van der Waals surface area contributed by atoms with Crippen molar-refractivity contribution in [2.24, 2.45) is 5.41 Å². The highest BCUT2D eigenvalue weighted by molar-refractivity contribution is 5.83. The Morgan fingerprint density at radius 1 is 1.25 bits per heavy atom. The molecule has 0 saturated heterocycles. The summed E-state index contributed by atoms with van der Waals surface area (Å²) in [6.07, 6.45) is 2.78. The fourth-order valence-electron chi connectivity index (χ4n) is 1.93. The standard InChI is InChI=1S/C15H30N2O3/c1-7-9-10-17(11(3)8-2)14(20)16-12(13(18)19)15(4,5)6/h11-12H,7-10H2,1-6H3,(H,16,20)(H,18,19). The zero-order valence-corrected chi connectivity index (χ0v) is 13.7. The van der Waals surface area contributed by atoms with Gasteiger partial charge in [-0.15, -0.1) is 0 Å². The van der Waals surface area contributed by atoms with Gasteiger partial charge >= 0.3 is 12.0 Å². The molecule has 5 heteroatoms. The molecule has 0 rings (SSSR count). The molecule has 5 nitrogen and oxygen atoms in total. The molecule has 0 spiro atoms. The lowest BCUT2D eigenvalue weighted by Crippen LogP contribution is -2.55. The summed E-state index contributed by atoms with van der Waals surface area (Å²) in [5, 5.41) is 11.9. The molecule has 2 N–H and O–H groups in total. The summed E-state index contributed by atoms with van der Waals surface area (Å²) in [4.78, 5) is 25.4. The van der Waals surface area contributed by atoms with Crippen LogP contribution in [0.2, 0.25) is 0 Å². The van der Waals surface area contributed by atoms with Gasteiger partial charge in [0.15, 0.2) is 0 Å². The Kier molecular flexibility index (Phi) is 7.61. The fraction of sp³-hybridized carbons (Fsp3) is 0.867. The highest BCUT2D eigenvalue weighted by Crippen LogP contribution is 2.20. The topological polar surface area (TPSA) is 69.6 Å². The van der Waals surface area contributed by atoms with Crippen LogP contribution in [0.15, 0.2) is 0 Å². The van der Waals surface area contributed by atoms with Crippen LogP contribution in [0.4, 0.5) is 4.79 Å². The van der Waals surface area contributed by atoms with E-state index < -0.39 is 17.4 Å². The third kappa shape index (κ3) is 5.80. The van der Waals surface area contributed by atoms with Gasteiger partial charge in [0.05, 0.1) is 0 Å². The minimum atomic E-state index is -0.995. The molecule has 118 valence electrons. The predicted octanol–water partition coefficient (Wildman–Crippen LogP) is 3.10. The average molecular weight is 286 g/mol. The lowest BCUT2D eigenvalue weighted by molar-refractivity contribution is -0.142. The first kappa shape index (κ1) is 18.7. The van der Waals surface area contributed by atoms with Crippen molar-refractivity contribution in [3.8, 4) is 0 Å². The fourth-order valence-corrected chi connectivity index (χ4v) is 1.93. The number of rotatable bonds is 7. The lowest BCUT2D eigenvalue weighted by atomic mass is 9.87. The van der Waals surface area contributed by atoms with Crippen LogP contribution in [0.5, 0.6) is 0 Å². The lowest BCUT2D eigenvalue weighted by Gasteiger charge is -2.33. The molecule has 0 aliphatic heterocycles. The van der Waals surface area contributed by atoms with Gasteiger partial charge in [0.1, 0.15) is 6.04 Å². The summed E-state index contributed by atoms with van der Waals surface area (Å²) in [6, 6.07) is -1.06. The Balaban J connectivity index is 4.92. The molecule has 0 bridgehead atoms. The molecule has 0 aliphatic rings. The van der Waals surface area contributed by atoms with Crippen LogP contribution in [0.1, 0.15) is 60.8 Å². The van der Waals surface area contributed by atoms with E-state index in [1.807, 2.05) is 34.6 Å². The smallest absolute Gasteiger partial charge is 0.326 e. The van der Waals surface area contributed by atoms with E-state index in [1.54, 1.807) is 4.90 Å². The van der Waals surface area contributed by atoms with E-state index in [0.717, 1.165) is 19.3 Å². The van der Waals surface area contributed by atoms with E-state index in [4.69, 9.17) is 0 Å². The minimum Gasteiger partial charge on any atom is -0.480 e. The quantitative estimate of drug-likeness (QED) is 0.755. The van der Waals surface area contributed by atoms with E-state index in [-0.39, 0.29) is 12.1 Å². The Bertz CT molecular complexity index is 324. The zero-order valence-electron chi connectivity index (χ0n) is 13.7. The Morgan fingerprint density at radius 2 is 1.80 bits per heavy atom. The van der Waals surface area contributed by atoms with Crippen LogP contribution in [-0.4, -0.2) is 40.6 Å². The second kappa shape index (κ2) is 8.12. The van der Waals surface area contributed by atoms with Crippen LogP contribution in [0.25, 0.3) is 0 Å². The third-order valence-electron chi connectivity index (χ3n) is 3.52. The van der Waals surface area contributed by atoms with E-state index in [0.29, 0.717) is 6.54 Å². The molecular formula is C15H30N2O3. The number of urea groups is 1. The SMILES string of the molecule is CCCCN(C(=O)NC(C(=O)O)C(C)(C)C)C(C)CC. The molecule has 0 aliphatic carbocycles. The summed E-state index contributed by atoms with van der Waals surface area (Å²) >= 11 is 0. The van der Waals surface area contributed by atoms with E-state index in [1.165, 1.54) is 0 Å². The number of unbranched alkanes of at least 4 members (excludes halogenated alkanes) is 1. The first-order chi connectivity index (χ1) is 9.15. The van der Waals surface area contributed by atoms with Gasteiger partial charge in [0, 0.05) is 12.6 Å². The number of amides is 2. The molecule has 0 radical (unpaired) electrons. The highest BCUT2D eigenvalue weighted by Gasteiger charge is 2.34. The Hall–Kier alpha value is -1.26. The van der Waals surface area contributed by atoms with E-state index >= 15 is 0 Å². The molecule has 0 aromatic rings. The van der Waals surface area contributed by atoms with Crippen molar-refractivity contribution in [3.05, 3.63) is 0 Å². The zero-order chi connectivity index (χ0) is 15.9. The summed E-state index contributed by atoms with van der Waals surface area (Å²) in [5.41, 5.74) is -0.520. The van der Waals surface area contributed by atoms with Crippen LogP contribution in [0.3, 0.4) is 0 Å². The maximum absolute atomic E-state index is 12.4.